The van der Waals surface area contributed by atoms with Crippen LogP contribution in [0.1, 0.15) is 35.3 Å². The number of methoxy groups -OCH3 is 1. The molecule has 0 radical (unpaired) electrons. The first kappa shape index (κ1) is 14.5. The molecule has 106 valence electrons. The Kier molecular flexibility index (Phi) is 4.69. The van der Waals surface area contributed by atoms with E-state index in [1.54, 1.807) is 19.5 Å². The minimum atomic E-state index is -0.0106. The van der Waals surface area contributed by atoms with Crippen LogP contribution in [0, 0.1) is 13.8 Å². The van der Waals surface area contributed by atoms with Crippen LogP contribution in [-0.4, -0.2) is 23.6 Å². The molecular formula is C16H21N3O. The van der Waals surface area contributed by atoms with Crippen LogP contribution in [0.3, 0.4) is 0 Å². The normalized spacial score (nSPS) is 12.2. The van der Waals surface area contributed by atoms with Gasteiger partial charge < -0.3 is 10.1 Å². The number of rotatable bonds is 5. The van der Waals surface area contributed by atoms with Crippen molar-refractivity contribution in [1.29, 1.82) is 0 Å². The van der Waals surface area contributed by atoms with E-state index in [9.17, 15) is 0 Å². The molecule has 20 heavy (non-hydrogen) atoms. The van der Waals surface area contributed by atoms with Crippen molar-refractivity contribution in [2.24, 2.45) is 0 Å². The second-order valence-electron chi connectivity index (χ2n) is 4.80. The molecule has 1 aromatic heterocycles. The molecule has 0 aliphatic rings. The molecule has 0 aliphatic carbocycles. The van der Waals surface area contributed by atoms with E-state index in [-0.39, 0.29) is 6.04 Å². The predicted octanol–water partition coefficient (Wildman–Crippen LogP) is 2.80. The Hall–Kier alpha value is -1.94. The number of hydrogen-bond donors (Lipinski definition) is 1. The Morgan fingerprint density at radius 2 is 1.95 bits per heavy atom. The highest BCUT2D eigenvalue weighted by Gasteiger charge is 2.21. The highest BCUT2D eigenvalue weighted by Crippen LogP contribution is 2.28. The van der Waals surface area contributed by atoms with E-state index in [2.05, 4.69) is 54.3 Å². The van der Waals surface area contributed by atoms with E-state index in [4.69, 9.17) is 4.74 Å². The van der Waals surface area contributed by atoms with E-state index in [1.807, 2.05) is 0 Å². The quantitative estimate of drug-likeness (QED) is 0.908. The zero-order valence-corrected chi connectivity index (χ0v) is 12.5. The Labute approximate surface area is 120 Å². The molecule has 0 saturated carbocycles. The first-order valence-corrected chi connectivity index (χ1v) is 6.82. The highest BCUT2D eigenvalue weighted by molar-refractivity contribution is 5.39. The van der Waals surface area contributed by atoms with E-state index < -0.39 is 0 Å². The SMILES string of the molecule is CCNC(c1cc(C)ccc1C)c1nccnc1OC. The summed E-state index contributed by atoms with van der Waals surface area (Å²) in [4.78, 5) is 8.72. The van der Waals surface area contributed by atoms with Crippen molar-refractivity contribution in [2.75, 3.05) is 13.7 Å². The lowest BCUT2D eigenvalue weighted by Gasteiger charge is -2.21. The fraction of sp³-hybridized carbons (Fsp3) is 0.375. The molecule has 0 bridgehead atoms. The maximum atomic E-state index is 5.35. The fourth-order valence-electron chi connectivity index (χ4n) is 2.32. The minimum Gasteiger partial charge on any atom is -0.480 e. The van der Waals surface area contributed by atoms with Crippen LogP contribution in [0.2, 0.25) is 0 Å². The summed E-state index contributed by atoms with van der Waals surface area (Å²) < 4.78 is 5.35. The van der Waals surface area contributed by atoms with Crippen LogP contribution >= 0.6 is 0 Å². The van der Waals surface area contributed by atoms with Crippen molar-refractivity contribution in [3.63, 3.8) is 0 Å². The van der Waals surface area contributed by atoms with Gasteiger partial charge in [-0.05, 0) is 31.5 Å². The monoisotopic (exact) mass is 271 g/mol. The second-order valence-corrected chi connectivity index (χ2v) is 4.80. The summed E-state index contributed by atoms with van der Waals surface area (Å²) in [5.41, 5.74) is 4.50. The van der Waals surface area contributed by atoms with Crippen molar-refractivity contribution in [3.8, 4) is 5.88 Å². The molecule has 4 nitrogen and oxygen atoms in total. The van der Waals surface area contributed by atoms with Gasteiger partial charge in [0.2, 0.25) is 5.88 Å². The summed E-state index contributed by atoms with van der Waals surface area (Å²) in [7, 11) is 1.62. The highest BCUT2D eigenvalue weighted by atomic mass is 16.5. The van der Waals surface area contributed by atoms with Gasteiger partial charge in [0, 0.05) is 12.4 Å². The molecule has 1 heterocycles. The first-order chi connectivity index (χ1) is 9.67. The summed E-state index contributed by atoms with van der Waals surface area (Å²) in [6, 6.07) is 6.44. The summed E-state index contributed by atoms with van der Waals surface area (Å²) in [5, 5.41) is 3.48. The summed E-state index contributed by atoms with van der Waals surface area (Å²) in [6.45, 7) is 7.14. The van der Waals surface area contributed by atoms with Gasteiger partial charge in [-0.15, -0.1) is 0 Å². The molecule has 0 aliphatic heterocycles. The van der Waals surface area contributed by atoms with Crippen molar-refractivity contribution >= 4 is 0 Å². The van der Waals surface area contributed by atoms with Gasteiger partial charge >= 0.3 is 0 Å². The molecule has 1 unspecified atom stereocenters. The van der Waals surface area contributed by atoms with Gasteiger partial charge in [-0.25, -0.2) is 4.98 Å². The van der Waals surface area contributed by atoms with E-state index in [1.165, 1.54) is 16.7 Å². The molecule has 4 heteroatoms. The number of aryl methyl sites for hydroxylation is 2. The van der Waals surface area contributed by atoms with Gasteiger partial charge in [0.25, 0.3) is 0 Å². The summed E-state index contributed by atoms with van der Waals surface area (Å²) in [5.74, 6) is 0.569. The van der Waals surface area contributed by atoms with Crippen LogP contribution in [0.15, 0.2) is 30.6 Å². The van der Waals surface area contributed by atoms with Crippen LogP contribution in [-0.2, 0) is 0 Å². The van der Waals surface area contributed by atoms with Crippen LogP contribution in [0.25, 0.3) is 0 Å². The standard InChI is InChI=1S/C16H21N3O/c1-5-17-14(13-10-11(2)6-7-12(13)3)15-16(20-4)19-9-8-18-15/h6-10,14,17H,5H2,1-4H3. The Bertz CT molecular complexity index is 584. The van der Waals surface area contributed by atoms with Crippen molar-refractivity contribution in [2.45, 2.75) is 26.8 Å². The summed E-state index contributed by atoms with van der Waals surface area (Å²) in [6.07, 6.45) is 3.35. The maximum absolute atomic E-state index is 5.35. The van der Waals surface area contributed by atoms with Gasteiger partial charge in [-0.3, -0.25) is 4.98 Å². The maximum Gasteiger partial charge on any atom is 0.237 e. The van der Waals surface area contributed by atoms with Crippen molar-refractivity contribution < 1.29 is 4.74 Å². The average Bonchev–Trinajstić information content (AvgIpc) is 2.47. The van der Waals surface area contributed by atoms with Gasteiger partial charge in [0.1, 0.15) is 5.69 Å². The van der Waals surface area contributed by atoms with Crippen LogP contribution in [0.4, 0.5) is 0 Å². The fourth-order valence-corrected chi connectivity index (χ4v) is 2.32. The molecule has 0 fully saturated rings. The first-order valence-electron chi connectivity index (χ1n) is 6.82. The second kappa shape index (κ2) is 6.48. The Morgan fingerprint density at radius 3 is 2.65 bits per heavy atom. The smallest absolute Gasteiger partial charge is 0.237 e. The van der Waals surface area contributed by atoms with E-state index in [0.29, 0.717) is 5.88 Å². The molecule has 0 spiro atoms. The summed E-state index contributed by atoms with van der Waals surface area (Å²) >= 11 is 0. The number of aromatic nitrogens is 2. The van der Waals surface area contributed by atoms with Crippen LogP contribution in [0.5, 0.6) is 5.88 Å². The molecule has 1 aromatic carbocycles. The number of nitrogens with zero attached hydrogens (tertiary/aromatic N) is 2. The largest absolute Gasteiger partial charge is 0.480 e. The third-order valence-corrected chi connectivity index (χ3v) is 3.31. The van der Waals surface area contributed by atoms with E-state index in [0.717, 1.165) is 12.2 Å². The molecule has 1 atom stereocenters. The van der Waals surface area contributed by atoms with Gasteiger partial charge in [-0.2, -0.15) is 0 Å². The molecule has 2 aromatic rings. The lowest BCUT2D eigenvalue weighted by atomic mass is 9.96. The van der Waals surface area contributed by atoms with Gasteiger partial charge in [-0.1, -0.05) is 30.7 Å². The number of benzene rings is 1. The lowest BCUT2D eigenvalue weighted by molar-refractivity contribution is 0.383. The Morgan fingerprint density at radius 1 is 1.20 bits per heavy atom. The van der Waals surface area contributed by atoms with E-state index >= 15 is 0 Å². The van der Waals surface area contributed by atoms with Gasteiger partial charge in [0.15, 0.2) is 0 Å². The Balaban J connectivity index is 2.53. The number of ether oxygens (including phenoxy) is 1. The zero-order chi connectivity index (χ0) is 14.5. The van der Waals surface area contributed by atoms with Crippen LogP contribution < -0.4 is 10.1 Å². The molecule has 2 rings (SSSR count). The van der Waals surface area contributed by atoms with Crippen molar-refractivity contribution in [1.82, 2.24) is 15.3 Å². The van der Waals surface area contributed by atoms with Gasteiger partial charge in [0.05, 0.1) is 13.2 Å². The van der Waals surface area contributed by atoms with Crippen molar-refractivity contribution in [3.05, 3.63) is 53.0 Å². The zero-order valence-electron chi connectivity index (χ0n) is 12.5. The average molecular weight is 271 g/mol. The molecule has 1 N–H and O–H groups in total. The number of hydrogen-bond acceptors (Lipinski definition) is 4. The third kappa shape index (κ3) is 2.96. The predicted molar refractivity (Wildman–Crippen MR) is 80.0 cm³/mol. The topological polar surface area (TPSA) is 47.0 Å². The minimum absolute atomic E-state index is 0.0106. The molecule has 0 saturated heterocycles. The number of nitrogens with one attached hydrogen (secondary N) is 1. The molecular weight excluding hydrogens is 250 g/mol. The molecule has 0 amide bonds. The lowest BCUT2D eigenvalue weighted by Crippen LogP contribution is -2.24. The third-order valence-electron chi connectivity index (χ3n) is 3.31.